The number of carbonyl (C=O) groups is 2. The largest absolute Gasteiger partial charge is 0.496 e. The van der Waals surface area contributed by atoms with Gasteiger partial charge in [0.25, 0.3) is 5.91 Å². The number of benzene rings is 1. The van der Waals surface area contributed by atoms with E-state index in [-0.39, 0.29) is 5.91 Å². The number of rotatable bonds is 6. The second-order valence-corrected chi connectivity index (χ2v) is 7.35. The molecule has 0 saturated carbocycles. The molecule has 6 nitrogen and oxygen atoms in total. The van der Waals surface area contributed by atoms with Crippen LogP contribution in [0.25, 0.3) is 11.3 Å². The Morgan fingerprint density at radius 1 is 1.26 bits per heavy atom. The topological polar surface area (TPSA) is 80.3 Å². The molecule has 1 unspecified atom stereocenters. The summed E-state index contributed by atoms with van der Waals surface area (Å²) < 4.78 is 18.8. The number of aromatic nitrogens is 1. The summed E-state index contributed by atoms with van der Waals surface area (Å²) in [5, 5.41) is 9.12. The van der Waals surface area contributed by atoms with E-state index in [9.17, 15) is 14.0 Å². The first kappa shape index (κ1) is 19.0. The van der Waals surface area contributed by atoms with Crippen molar-refractivity contribution in [3.8, 4) is 17.0 Å². The number of amides is 2. The average molecular weight is 405 g/mol. The van der Waals surface area contributed by atoms with Crippen molar-refractivity contribution >= 4 is 39.6 Å². The molecular formula is C18H16FN3O3S2. The number of hydrogen-bond acceptors (Lipinski definition) is 6. The highest BCUT2D eigenvalue weighted by molar-refractivity contribution is 7.14. The first-order valence-corrected chi connectivity index (χ1v) is 9.68. The van der Waals surface area contributed by atoms with Gasteiger partial charge in [0.15, 0.2) is 5.13 Å². The summed E-state index contributed by atoms with van der Waals surface area (Å²) in [5.41, 5.74) is 0.982. The number of anilines is 1. The Morgan fingerprint density at radius 3 is 2.78 bits per heavy atom. The van der Waals surface area contributed by atoms with E-state index in [1.807, 2.05) is 0 Å². The van der Waals surface area contributed by atoms with E-state index in [2.05, 4.69) is 15.6 Å². The minimum atomic E-state index is -0.740. The summed E-state index contributed by atoms with van der Waals surface area (Å²) >= 11 is 2.50. The van der Waals surface area contributed by atoms with E-state index < -0.39 is 17.8 Å². The van der Waals surface area contributed by atoms with Crippen LogP contribution in [0.1, 0.15) is 16.6 Å². The smallest absolute Gasteiger partial charge is 0.261 e. The predicted molar refractivity (Wildman–Crippen MR) is 104 cm³/mol. The molecule has 3 rings (SSSR count). The Kier molecular flexibility index (Phi) is 5.82. The summed E-state index contributed by atoms with van der Waals surface area (Å²) in [5.74, 6) is -0.630. The summed E-state index contributed by atoms with van der Waals surface area (Å²) in [7, 11) is 1.49. The third-order valence-electron chi connectivity index (χ3n) is 3.66. The Hall–Kier alpha value is -2.78. The fraction of sp³-hybridized carbons (Fsp3) is 0.167. The molecule has 0 aliphatic carbocycles. The fourth-order valence-electron chi connectivity index (χ4n) is 2.29. The normalized spacial score (nSPS) is 11.7. The number of ether oxygens (including phenoxy) is 1. The van der Waals surface area contributed by atoms with Crippen LogP contribution in [-0.4, -0.2) is 29.9 Å². The van der Waals surface area contributed by atoms with Crippen LogP contribution < -0.4 is 15.4 Å². The minimum Gasteiger partial charge on any atom is -0.496 e. The maximum Gasteiger partial charge on any atom is 0.261 e. The molecule has 27 heavy (non-hydrogen) atoms. The molecule has 1 atom stereocenters. The standard InChI is InChI=1S/C18H16FN3O3S2/c1-10(20-17(24)15-4-3-7-26-15)16(23)22-18-21-13(9-27-18)12-8-11(19)5-6-14(12)25-2/h3-10H,1-2H3,(H,20,24)(H,21,22,23). The Bertz CT molecular complexity index is 957. The molecule has 0 spiro atoms. The third-order valence-corrected chi connectivity index (χ3v) is 5.28. The second-order valence-electron chi connectivity index (χ2n) is 5.54. The molecule has 0 aliphatic rings. The minimum absolute atomic E-state index is 0.308. The molecule has 0 bridgehead atoms. The highest BCUT2D eigenvalue weighted by Crippen LogP contribution is 2.32. The zero-order valence-corrected chi connectivity index (χ0v) is 16.1. The zero-order chi connectivity index (χ0) is 19.4. The van der Waals surface area contributed by atoms with E-state index in [4.69, 9.17) is 4.74 Å². The number of nitrogens with zero attached hydrogens (tertiary/aromatic N) is 1. The van der Waals surface area contributed by atoms with Crippen molar-refractivity contribution in [1.29, 1.82) is 0 Å². The van der Waals surface area contributed by atoms with Gasteiger partial charge in [-0.25, -0.2) is 9.37 Å². The summed E-state index contributed by atoms with van der Waals surface area (Å²) in [6.45, 7) is 1.59. The van der Waals surface area contributed by atoms with Crippen molar-refractivity contribution in [1.82, 2.24) is 10.3 Å². The second kappa shape index (κ2) is 8.28. The Balaban J connectivity index is 1.67. The van der Waals surface area contributed by atoms with Crippen molar-refractivity contribution < 1.29 is 18.7 Å². The highest BCUT2D eigenvalue weighted by atomic mass is 32.1. The van der Waals surface area contributed by atoms with E-state index >= 15 is 0 Å². The molecule has 2 heterocycles. The van der Waals surface area contributed by atoms with Gasteiger partial charge < -0.3 is 15.4 Å². The van der Waals surface area contributed by atoms with E-state index in [1.54, 1.807) is 29.8 Å². The molecule has 2 amide bonds. The average Bonchev–Trinajstić information content (AvgIpc) is 3.33. The van der Waals surface area contributed by atoms with Crippen molar-refractivity contribution in [3.63, 3.8) is 0 Å². The monoisotopic (exact) mass is 405 g/mol. The van der Waals surface area contributed by atoms with Crippen molar-refractivity contribution in [3.05, 3.63) is 51.8 Å². The molecule has 3 aromatic rings. The molecule has 140 valence electrons. The number of thiazole rings is 1. The predicted octanol–water partition coefficient (Wildman–Crippen LogP) is 3.78. The lowest BCUT2D eigenvalue weighted by Crippen LogP contribution is -2.41. The van der Waals surface area contributed by atoms with Crippen LogP contribution in [-0.2, 0) is 4.79 Å². The van der Waals surface area contributed by atoms with Crippen molar-refractivity contribution in [2.75, 3.05) is 12.4 Å². The van der Waals surface area contributed by atoms with Crippen LogP contribution in [0.4, 0.5) is 9.52 Å². The number of nitrogens with one attached hydrogen (secondary N) is 2. The maximum atomic E-state index is 13.5. The molecule has 1 aromatic carbocycles. The van der Waals surface area contributed by atoms with Crippen LogP contribution in [0.15, 0.2) is 41.1 Å². The quantitative estimate of drug-likeness (QED) is 0.654. The number of halogens is 1. The molecule has 9 heteroatoms. The molecule has 2 aromatic heterocycles. The Labute approximate surface area is 163 Å². The Morgan fingerprint density at radius 2 is 2.07 bits per heavy atom. The van der Waals surface area contributed by atoms with Gasteiger partial charge in [-0.05, 0) is 36.6 Å². The molecule has 0 aliphatic heterocycles. The van der Waals surface area contributed by atoms with Gasteiger partial charge in [-0.1, -0.05) is 6.07 Å². The lowest BCUT2D eigenvalue weighted by Gasteiger charge is -2.12. The van der Waals surface area contributed by atoms with Crippen LogP contribution in [0.3, 0.4) is 0 Å². The number of carbonyl (C=O) groups excluding carboxylic acids is 2. The van der Waals surface area contributed by atoms with Gasteiger partial charge in [0.05, 0.1) is 17.7 Å². The van der Waals surface area contributed by atoms with Gasteiger partial charge in [0, 0.05) is 10.9 Å². The van der Waals surface area contributed by atoms with Gasteiger partial charge in [0.2, 0.25) is 5.91 Å². The van der Waals surface area contributed by atoms with Crippen molar-refractivity contribution in [2.45, 2.75) is 13.0 Å². The maximum absolute atomic E-state index is 13.5. The summed E-state index contributed by atoms with van der Waals surface area (Å²) in [6.07, 6.45) is 0. The van der Waals surface area contributed by atoms with Gasteiger partial charge in [-0.3, -0.25) is 9.59 Å². The third kappa shape index (κ3) is 4.50. The number of hydrogen-bond donors (Lipinski definition) is 2. The highest BCUT2D eigenvalue weighted by Gasteiger charge is 2.19. The molecule has 0 fully saturated rings. The van der Waals surface area contributed by atoms with Crippen LogP contribution in [0.2, 0.25) is 0 Å². The lowest BCUT2D eigenvalue weighted by atomic mass is 10.1. The van der Waals surface area contributed by atoms with Gasteiger partial charge in [-0.2, -0.15) is 0 Å². The first-order valence-electron chi connectivity index (χ1n) is 7.92. The van der Waals surface area contributed by atoms with Crippen molar-refractivity contribution in [2.24, 2.45) is 0 Å². The van der Waals surface area contributed by atoms with Gasteiger partial charge >= 0.3 is 0 Å². The fourth-order valence-corrected chi connectivity index (χ4v) is 3.63. The van der Waals surface area contributed by atoms with E-state index in [1.165, 1.54) is 48.0 Å². The van der Waals surface area contributed by atoms with E-state index in [0.717, 1.165) is 0 Å². The number of thiophene rings is 1. The van der Waals surface area contributed by atoms with E-state index in [0.29, 0.717) is 27.0 Å². The molecule has 0 radical (unpaired) electrons. The first-order chi connectivity index (χ1) is 13.0. The number of methoxy groups -OCH3 is 1. The van der Waals surface area contributed by atoms with Gasteiger partial charge in [0.1, 0.15) is 17.6 Å². The summed E-state index contributed by atoms with van der Waals surface area (Å²) in [4.78, 5) is 29.2. The van der Waals surface area contributed by atoms with Gasteiger partial charge in [-0.15, -0.1) is 22.7 Å². The van der Waals surface area contributed by atoms with Crippen LogP contribution >= 0.6 is 22.7 Å². The lowest BCUT2D eigenvalue weighted by molar-refractivity contribution is -0.117. The van der Waals surface area contributed by atoms with Crippen LogP contribution in [0.5, 0.6) is 5.75 Å². The molecule has 0 saturated heterocycles. The van der Waals surface area contributed by atoms with Crippen LogP contribution in [0, 0.1) is 5.82 Å². The summed E-state index contributed by atoms with van der Waals surface area (Å²) in [6, 6.07) is 6.85. The zero-order valence-electron chi connectivity index (χ0n) is 14.5. The molecule has 2 N–H and O–H groups in total. The molecular weight excluding hydrogens is 389 g/mol. The SMILES string of the molecule is COc1ccc(F)cc1-c1csc(NC(=O)C(C)NC(=O)c2cccs2)n1.